The normalized spacial score (nSPS) is 18.0. The van der Waals surface area contributed by atoms with Crippen molar-refractivity contribution in [2.45, 2.75) is 11.3 Å². The van der Waals surface area contributed by atoms with Crippen LogP contribution in [-0.2, 0) is 14.9 Å². The van der Waals surface area contributed by atoms with Crippen LogP contribution in [0.2, 0.25) is 0 Å². The standard InChI is InChI=1S/C24H24O2/c1-25-16-24(17-26-2)13-12-21(18-8-4-3-5-9-18)22-14-19-10-6-7-11-20(19)15-23(22)24/h3-15,21H,16-17H2,1-2H3. The predicted octanol–water partition coefficient (Wildman–Crippen LogP) is 5.07. The maximum Gasteiger partial charge on any atom is 0.0616 e. The molecule has 0 heterocycles. The Kier molecular flexibility index (Phi) is 4.62. The van der Waals surface area contributed by atoms with Crippen molar-refractivity contribution in [3.8, 4) is 0 Å². The highest BCUT2D eigenvalue weighted by molar-refractivity contribution is 5.85. The summed E-state index contributed by atoms with van der Waals surface area (Å²) in [6, 6.07) is 23.9. The number of hydrogen-bond acceptors (Lipinski definition) is 2. The zero-order valence-corrected chi connectivity index (χ0v) is 15.3. The van der Waals surface area contributed by atoms with Gasteiger partial charge in [0.1, 0.15) is 0 Å². The Morgan fingerprint density at radius 2 is 1.42 bits per heavy atom. The van der Waals surface area contributed by atoms with Gasteiger partial charge in [0.2, 0.25) is 0 Å². The van der Waals surface area contributed by atoms with E-state index in [1.165, 1.54) is 27.5 Å². The van der Waals surface area contributed by atoms with Gasteiger partial charge >= 0.3 is 0 Å². The van der Waals surface area contributed by atoms with Gasteiger partial charge in [-0.2, -0.15) is 0 Å². The van der Waals surface area contributed by atoms with E-state index in [9.17, 15) is 0 Å². The largest absolute Gasteiger partial charge is 0.383 e. The van der Waals surface area contributed by atoms with Crippen LogP contribution in [0.15, 0.2) is 78.9 Å². The van der Waals surface area contributed by atoms with Crippen molar-refractivity contribution in [1.82, 2.24) is 0 Å². The van der Waals surface area contributed by atoms with Crippen molar-refractivity contribution >= 4 is 10.8 Å². The van der Waals surface area contributed by atoms with Crippen LogP contribution in [0.1, 0.15) is 22.6 Å². The van der Waals surface area contributed by atoms with Crippen LogP contribution in [0.3, 0.4) is 0 Å². The molecule has 0 radical (unpaired) electrons. The van der Waals surface area contributed by atoms with Gasteiger partial charge in [0, 0.05) is 20.1 Å². The van der Waals surface area contributed by atoms with Gasteiger partial charge in [0.05, 0.1) is 18.6 Å². The molecule has 1 aliphatic rings. The molecule has 0 spiro atoms. The van der Waals surface area contributed by atoms with Gasteiger partial charge in [-0.15, -0.1) is 0 Å². The molecular formula is C24H24O2. The molecule has 2 heteroatoms. The molecule has 2 nitrogen and oxygen atoms in total. The van der Waals surface area contributed by atoms with Crippen LogP contribution in [0, 0.1) is 0 Å². The Morgan fingerprint density at radius 1 is 0.808 bits per heavy atom. The van der Waals surface area contributed by atoms with Crippen LogP contribution < -0.4 is 0 Å². The SMILES string of the molecule is COCC1(COC)C=CC(c2ccccc2)c2cc3ccccc3cc21. The number of hydrogen-bond donors (Lipinski definition) is 0. The topological polar surface area (TPSA) is 18.5 Å². The molecule has 3 aromatic rings. The van der Waals surface area contributed by atoms with Gasteiger partial charge in [-0.05, 0) is 39.6 Å². The van der Waals surface area contributed by atoms with Gasteiger partial charge in [0.15, 0.2) is 0 Å². The summed E-state index contributed by atoms with van der Waals surface area (Å²) >= 11 is 0. The fraction of sp³-hybridized carbons (Fsp3) is 0.250. The number of ether oxygens (including phenoxy) is 2. The minimum Gasteiger partial charge on any atom is -0.383 e. The second-order valence-electron chi connectivity index (χ2n) is 7.06. The van der Waals surface area contributed by atoms with Crippen LogP contribution in [-0.4, -0.2) is 27.4 Å². The number of benzene rings is 3. The average Bonchev–Trinajstić information content (AvgIpc) is 2.68. The summed E-state index contributed by atoms with van der Waals surface area (Å²) in [4.78, 5) is 0. The van der Waals surface area contributed by atoms with E-state index in [1.54, 1.807) is 14.2 Å². The second-order valence-corrected chi connectivity index (χ2v) is 7.06. The summed E-state index contributed by atoms with van der Waals surface area (Å²) in [5.74, 6) is 0.248. The fourth-order valence-electron chi connectivity index (χ4n) is 4.18. The van der Waals surface area contributed by atoms with E-state index in [0.29, 0.717) is 13.2 Å². The summed E-state index contributed by atoms with van der Waals surface area (Å²) < 4.78 is 11.2. The molecule has 0 aromatic heterocycles. The van der Waals surface area contributed by atoms with Crippen molar-refractivity contribution in [3.05, 3.63) is 95.6 Å². The number of allylic oxidation sites excluding steroid dienone is 1. The van der Waals surface area contributed by atoms with E-state index >= 15 is 0 Å². The predicted molar refractivity (Wildman–Crippen MR) is 107 cm³/mol. The first kappa shape index (κ1) is 17.0. The fourth-order valence-corrected chi connectivity index (χ4v) is 4.18. The molecule has 0 saturated carbocycles. The summed E-state index contributed by atoms with van der Waals surface area (Å²) in [7, 11) is 3.52. The molecule has 1 atom stereocenters. The summed E-state index contributed by atoms with van der Waals surface area (Å²) in [6.45, 7) is 1.20. The second kappa shape index (κ2) is 7.06. The maximum atomic E-state index is 5.62. The molecule has 0 aliphatic heterocycles. The molecule has 132 valence electrons. The van der Waals surface area contributed by atoms with Crippen LogP contribution in [0.4, 0.5) is 0 Å². The van der Waals surface area contributed by atoms with E-state index < -0.39 is 0 Å². The van der Waals surface area contributed by atoms with Crippen molar-refractivity contribution in [3.63, 3.8) is 0 Å². The van der Waals surface area contributed by atoms with Gasteiger partial charge in [0.25, 0.3) is 0 Å². The van der Waals surface area contributed by atoms with E-state index in [1.807, 2.05) is 0 Å². The first-order valence-electron chi connectivity index (χ1n) is 9.03. The minimum absolute atomic E-state index is 0.248. The zero-order chi connectivity index (χ0) is 18.0. The Morgan fingerprint density at radius 3 is 2.08 bits per heavy atom. The maximum absolute atomic E-state index is 5.62. The molecule has 1 unspecified atom stereocenters. The van der Waals surface area contributed by atoms with Gasteiger partial charge in [-0.25, -0.2) is 0 Å². The molecule has 0 amide bonds. The minimum atomic E-state index is -0.256. The number of fused-ring (bicyclic) bond motifs is 2. The van der Waals surface area contributed by atoms with E-state index in [4.69, 9.17) is 9.47 Å². The van der Waals surface area contributed by atoms with E-state index in [0.717, 1.165) is 0 Å². The lowest BCUT2D eigenvalue weighted by Crippen LogP contribution is -2.38. The third-order valence-corrected chi connectivity index (χ3v) is 5.36. The number of methoxy groups -OCH3 is 2. The Labute approximate surface area is 155 Å². The number of rotatable bonds is 5. The van der Waals surface area contributed by atoms with Gasteiger partial charge in [-0.1, -0.05) is 66.7 Å². The van der Waals surface area contributed by atoms with Crippen molar-refractivity contribution in [2.75, 3.05) is 27.4 Å². The van der Waals surface area contributed by atoms with Crippen molar-refractivity contribution in [1.29, 1.82) is 0 Å². The van der Waals surface area contributed by atoms with E-state index in [2.05, 4.69) is 78.9 Å². The first-order valence-corrected chi connectivity index (χ1v) is 9.03. The van der Waals surface area contributed by atoms with Crippen molar-refractivity contribution in [2.24, 2.45) is 0 Å². The third-order valence-electron chi connectivity index (χ3n) is 5.36. The Bertz CT molecular complexity index is 921. The van der Waals surface area contributed by atoms with Gasteiger partial charge in [-0.3, -0.25) is 0 Å². The smallest absolute Gasteiger partial charge is 0.0616 e. The average molecular weight is 344 g/mol. The van der Waals surface area contributed by atoms with E-state index in [-0.39, 0.29) is 11.3 Å². The zero-order valence-electron chi connectivity index (χ0n) is 15.3. The summed E-state index contributed by atoms with van der Waals surface area (Å²) in [6.07, 6.45) is 4.60. The Balaban J connectivity index is 1.96. The first-order chi connectivity index (χ1) is 12.8. The highest BCUT2D eigenvalue weighted by Gasteiger charge is 2.37. The lowest BCUT2D eigenvalue weighted by molar-refractivity contribution is 0.0816. The monoisotopic (exact) mass is 344 g/mol. The highest BCUT2D eigenvalue weighted by Crippen LogP contribution is 2.43. The van der Waals surface area contributed by atoms with Crippen molar-refractivity contribution < 1.29 is 9.47 Å². The third kappa shape index (κ3) is 2.86. The molecule has 0 fully saturated rings. The molecule has 26 heavy (non-hydrogen) atoms. The molecule has 3 aromatic carbocycles. The summed E-state index contributed by atoms with van der Waals surface area (Å²) in [5.41, 5.74) is 3.69. The lowest BCUT2D eigenvalue weighted by Gasteiger charge is -2.37. The van der Waals surface area contributed by atoms with Gasteiger partial charge < -0.3 is 9.47 Å². The van der Waals surface area contributed by atoms with Crippen LogP contribution >= 0.6 is 0 Å². The molecule has 0 bridgehead atoms. The molecule has 4 rings (SSSR count). The molecule has 0 saturated heterocycles. The quantitative estimate of drug-likeness (QED) is 0.602. The lowest BCUT2D eigenvalue weighted by atomic mass is 9.69. The highest BCUT2D eigenvalue weighted by atomic mass is 16.5. The Hall–Kier alpha value is -2.42. The summed E-state index contributed by atoms with van der Waals surface area (Å²) in [5, 5.41) is 2.52. The molecular weight excluding hydrogens is 320 g/mol. The van der Waals surface area contributed by atoms with Crippen LogP contribution in [0.5, 0.6) is 0 Å². The van der Waals surface area contributed by atoms with Crippen LogP contribution in [0.25, 0.3) is 10.8 Å². The molecule has 0 N–H and O–H groups in total. The molecule has 1 aliphatic carbocycles.